The molecule has 3 nitrogen and oxygen atoms in total. The summed E-state index contributed by atoms with van der Waals surface area (Å²) in [6.45, 7) is 4.76. The molecule has 1 N–H and O–H groups in total. The van der Waals surface area contributed by atoms with Gasteiger partial charge >= 0.3 is 0 Å². The highest BCUT2D eigenvalue weighted by Crippen LogP contribution is 2.22. The van der Waals surface area contributed by atoms with Crippen LogP contribution in [0.4, 0.5) is 4.39 Å². The van der Waals surface area contributed by atoms with Gasteiger partial charge < -0.3 is 14.8 Å². The molecule has 0 aliphatic rings. The minimum atomic E-state index is -0.330. The molecule has 0 aromatic heterocycles. The van der Waals surface area contributed by atoms with Crippen LogP contribution in [0.1, 0.15) is 31.9 Å². The van der Waals surface area contributed by atoms with Crippen LogP contribution in [0.5, 0.6) is 5.75 Å². The van der Waals surface area contributed by atoms with Gasteiger partial charge in [-0.2, -0.15) is 0 Å². The van der Waals surface area contributed by atoms with Crippen molar-refractivity contribution in [2.24, 2.45) is 0 Å². The average molecular weight is 255 g/mol. The number of halogens is 1. The molecule has 0 saturated carbocycles. The lowest BCUT2D eigenvalue weighted by Gasteiger charge is -2.22. The minimum Gasteiger partial charge on any atom is -0.494 e. The molecule has 1 rings (SSSR count). The van der Waals surface area contributed by atoms with E-state index in [1.807, 2.05) is 13.0 Å². The van der Waals surface area contributed by atoms with Gasteiger partial charge in [-0.25, -0.2) is 4.39 Å². The van der Waals surface area contributed by atoms with Crippen LogP contribution in [0.25, 0.3) is 0 Å². The Morgan fingerprint density at radius 1 is 1.33 bits per heavy atom. The van der Waals surface area contributed by atoms with Crippen LogP contribution >= 0.6 is 0 Å². The largest absolute Gasteiger partial charge is 0.494 e. The number of ether oxygens (including phenoxy) is 2. The highest BCUT2D eigenvalue weighted by molar-refractivity contribution is 5.30. The Morgan fingerprint density at radius 2 is 2.06 bits per heavy atom. The van der Waals surface area contributed by atoms with E-state index in [9.17, 15) is 4.39 Å². The molecule has 4 heteroatoms. The van der Waals surface area contributed by atoms with Crippen LogP contribution in [0.3, 0.4) is 0 Å². The van der Waals surface area contributed by atoms with Crippen molar-refractivity contribution in [3.63, 3.8) is 0 Å². The van der Waals surface area contributed by atoms with Crippen molar-refractivity contribution in [1.82, 2.24) is 5.32 Å². The van der Waals surface area contributed by atoms with Crippen LogP contribution in [0, 0.1) is 5.82 Å². The quantitative estimate of drug-likeness (QED) is 0.812. The SMILES string of the molecule is CCC(COC)NC(C)c1ccc(OC)c(F)c1. The van der Waals surface area contributed by atoms with E-state index < -0.39 is 0 Å². The molecule has 2 unspecified atom stereocenters. The van der Waals surface area contributed by atoms with E-state index in [0.29, 0.717) is 6.61 Å². The van der Waals surface area contributed by atoms with Crippen LogP contribution < -0.4 is 10.1 Å². The topological polar surface area (TPSA) is 30.5 Å². The monoisotopic (exact) mass is 255 g/mol. The van der Waals surface area contributed by atoms with E-state index in [0.717, 1.165) is 12.0 Å². The van der Waals surface area contributed by atoms with E-state index in [4.69, 9.17) is 9.47 Å². The molecule has 0 radical (unpaired) electrons. The Labute approximate surface area is 108 Å². The molecule has 0 aliphatic heterocycles. The molecule has 0 bridgehead atoms. The summed E-state index contributed by atoms with van der Waals surface area (Å²) in [5.41, 5.74) is 0.905. The number of benzene rings is 1. The van der Waals surface area contributed by atoms with Gasteiger partial charge in [-0.1, -0.05) is 13.0 Å². The zero-order valence-electron chi connectivity index (χ0n) is 11.5. The normalized spacial score (nSPS) is 14.3. The van der Waals surface area contributed by atoms with Crippen molar-refractivity contribution < 1.29 is 13.9 Å². The van der Waals surface area contributed by atoms with Gasteiger partial charge in [-0.05, 0) is 31.0 Å². The maximum absolute atomic E-state index is 13.6. The average Bonchev–Trinajstić information content (AvgIpc) is 2.37. The second-order valence-electron chi connectivity index (χ2n) is 4.34. The van der Waals surface area contributed by atoms with E-state index in [1.165, 1.54) is 13.2 Å². The first-order valence-corrected chi connectivity index (χ1v) is 6.20. The van der Waals surface area contributed by atoms with Gasteiger partial charge in [0.1, 0.15) is 0 Å². The van der Waals surface area contributed by atoms with Gasteiger partial charge in [0.2, 0.25) is 0 Å². The van der Waals surface area contributed by atoms with Crippen LogP contribution in [0.2, 0.25) is 0 Å². The predicted octanol–water partition coefficient (Wildman–Crippen LogP) is 2.91. The molecule has 0 fully saturated rings. The summed E-state index contributed by atoms with van der Waals surface area (Å²) in [4.78, 5) is 0. The van der Waals surface area contributed by atoms with Gasteiger partial charge in [0.25, 0.3) is 0 Å². The fourth-order valence-electron chi connectivity index (χ4n) is 1.89. The zero-order valence-corrected chi connectivity index (χ0v) is 11.5. The first-order valence-electron chi connectivity index (χ1n) is 6.20. The summed E-state index contributed by atoms with van der Waals surface area (Å²) < 4.78 is 23.6. The third-order valence-electron chi connectivity index (χ3n) is 3.02. The smallest absolute Gasteiger partial charge is 0.165 e. The summed E-state index contributed by atoms with van der Waals surface area (Å²) in [6.07, 6.45) is 0.969. The summed E-state index contributed by atoms with van der Waals surface area (Å²) in [5.74, 6) is -0.0571. The first kappa shape index (κ1) is 14.9. The maximum Gasteiger partial charge on any atom is 0.165 e. The van der Waals surface area contributed by atoms with Gasteiger partial charge in [-0.15, -0.1) is 0 Å². The van der Waals surface area contributed by atoms with Crippen LogP contribution in [-0.4, -0.2) is 26.9 Å². The molecule has 18 heavy (non-hydrogen) atoms. The highest BCUT2D eigenvalue weighted by Gasteiger charge is 2.13. The number of hydrogen-bond acceptors (Lipinski definition) is 3. The Hall–Kier alpha value is -1.13. The van der Waals surface area contributed by atoms with Gasteiger partial charge in [0.05, 0.1) is 13.7 Å². The molecule has 0 aliphatic carbocycles. The first-order chi connectivity index (χ1) is 8.62. The van der Waals surface area contributed by atoms with Crippen molar-refractivity contribution in [2.75, 3.05) is 20.8 Å². The lowest BCUT2D eigenvalue weighted by atomic mass is 10.1. The summed E-state index contributed by atoms with van der Waals surface area (Å²) in [5, 5.41) is 3.42. The molecule has 1 aromatic rings. The van der Waals surface area contributed by atoms with Crippen LogP contribution in [-0.2, 0) is 4.74 Å². The summed E-state index contributed by atoms with van der Waals surface area (Å²) >= 11 is 0. The van der Waals surface area contributed by atoms with Crippen molar-refractivity contribution in [2.45, 2.75) is 32.4 Å². The maximum atomic E-state index is 13.6. The highest BCUT2D eigenvalue weighted by atomic mass is 19.1. The molecule has 102 valence electrons. The Balaban J connectivity index is 2.71. The molecule has 2 atom stereocenters. The minimum absolute atomic E-state index is 0.0745. The van der Waals surface area contributed by atoms with E-state index in [2.05, 4.69) is 12.2 Å². The van der Waals surface area contributed by atoms with Crippen LogP contribution in [0.15, 0.2) is 18.2 Å². The van der Waals surface area contributed by atoms with Gasteiger partial charge in [-0.3, -0.25) is 0 Å². The zero-order chi connectivity index (χ0) is 13.5. The van der Waals surface area contributed by atoms with Crippen molar-refractivity contribution in [3.8, 4) is 5.75 Å². The Bertz CT molecular complexity index is 371. The molecule has 0 amide bonds. The van der Waals surface area contributed by atoms with Crippen molar-refractivity contribution in [1.29, 1.82) is 0 Å². The fraction of sp³-hybridized carbons (Fsp3) is 0.571. The summed E-state index contributed by atoms with van der Waals surface area (Å²) in [6, 6.07) is 5.38. The molecular weight excluding hydrogens is 233 g/mol. The predicted molar refractivity (Wildman–Crippen MR) is 70.5 cm³/mol. The standard InChI is InChI=1S/C14H22FNO2/c1-5-12(9-17-3)16-10(2)11-6-7-14(18-4)13(15)8-11/h6-8,10,12,16H,5,9H2,1-4H3. The number of nitrogens with one attached hydrogen (secondary N) is 1. The lowest BCUT2D eigenvalue weighted by molar-refractivity contribution is 0.159. The van der Waals surface area contributed by atoms with E-state index >= 15 is 0 Å². The van der Waals surface area contributed by atoms with Crippen molar-refractivity contribution >= 4 is 0 Å². The molecule has 0 saturated heterocycles. The second-order valence-corrected chi connectivity index (χ2v) is 4.34. The van der Waals surface area contributed by atoms with Gasteiger partial charge in [0, 0.05) is 19.2 Å². The van der Waals surface area contributed by atoms with Gasteiger partial charge in [0.15, 0.2) is 11.6 Å². The van der Waals surface area contributed by atoms with E-state index in [-0.39, 0.29) is 23.7 Å². The molecular formula is C14H22FNO2. The third-order valence-corrected chi connectivity index (χ3v) is 3.02. The van der Waals surface area contributed by atoms with Crippen molar-refractivity contribution in [3.05, 3.63) is 29.6 Å². The molecule has 0 heterocycles. The second kappa shape index (κ2) is 7.34. The summed E-state index contributed by atoms with van der Waals surface area (Å²) in [7, 11) is 3.15. The molecule has 0 spiro atoms. The van der Waals surface area contributed by atoms with E-state index in [1.54, 1.807) is 13.2 Å². The third kappa shape index (κ3) is 3.96. The Morgan fingerprint density at radius 3 is 2.56 bits per heavy atom. The lowest BCUT2D eigenvalue weighted by Crippen LogP contribution is -2.34. The molecule has 1 aromatic carbocycles. The Kier molecular flexibility index (Phi) is 6.09. The fourth-order valence-corrected chi connectivity index (χ4v) is 1.89. The number of rotatable bonds is 7. The number of hydrogen-bond donors (Lipinski definition) is 1. The number of methoxy groups -OCH3 is 2.